The van der Waals surface area contributed by atoms with Gasteiger partial charge in [-0.3, -0.25) is 9.59 Å². The predicted octanol–water partition coefficient (Wildman–Crippen LogP) is 5.15. The first-order chi connectivity index (χ1) is 15.5. The molecule has 6 nitrogen and oxygen atoms in total. The molecule has 2 amide bonds. The van der Waals surface area contributed by atoms with Gasteiger partial charge in [-0.15, -0.1) is 0 Å². The molecule has 0 radical (unpaired) electrons. The van der Waals surface area contributed by atoms with Gasteiger partial charge in [0.2, 0.25) is 5.91 Å². The van der Waals surface area contributed by atoms with Gasteiger partial charge in [-0.25, -0.2) is 0 Å². The number of aromatic amines is 1. The summed E-state index contributed by atoms with van der Waals surface area (Å²) in [4.78, 5) is 29.5. The van der Waals surface area contributed by atoms with E-state index in [9.17, 15) is 9.59 Å². The van der Waals surface area contributed by atoms with E-state index < -0.39 is 0 Å². The highest BCUT2D eigenvalue weighted by Crippen LogP contribution is 2.28. The molecule has 0 atom stereocenters. The Morgan fingerprint density at radius 3 is 2.47 bits per heavy atom. The van der Waals surface area contributed by atoms with E-state index in [1.165, 1.54) is 0 Å². The first-order valence-corrected chi connectivity index (χ1v) is 11.1. The Kier molecular flexibility index (Phi) is 8.34. The number of H-pyrrole nitrogens is 1. The van der Waals surface area contributed by atoms with Crippen LogP contribution in [0.2, 0.25) is 5.02 Å². The Morgan fingerprint density at radius 2 is 1.78 bits per heavy atom. The van der Waals surface area contributed by atoms with Crippen LogP contribution in [0.4, 0.5) is 5.69 Å². The third-order valence-corrected chi connectivity index (χ3v) is 5.43. The summed E-state index contributed by atoms with van der Waals surface area (Å²) in [6.07, 6.45) is 0.935. The van der Waals surface area contributed by atoms with Gasteiger partial charge < -0.3 is 19.9 Å². The van der Waals surface area contributed by atoms with Gasteiger partial charge in [0.25, 0.3) is 5.91 Å². The number of ether oxygens (including phenoxy) is 1. The molecule has 0 saturated heterocycles. The molecule has 0 aliphatic carbocycles. The standard InChI is InChI=1S/C25H28ClN3O3/c1-3-29(4-2)25(31)17-32-23-14-11-20(16-21(23)26)28-24(30)15-12-19-10-13-22(27-19)18-8-6-5-7-9-18/h5-11,13-14,16,27H,3-4,12,15,17H2,1-2H3,(H,28,30). The van der Waals surface area contributed by atoms with E-state index in [1.54, 1.807) is 23.1 Å². The first kappa shape index (κ1) is 23.4. The number of nitrogens with zero attached hydrogens (tertiary/aromatic N) is 1. The maximum Gasteiger partial charge on any atom is 0.260 e. The summed E-state index contributed by atoms with van der Waals surface area (Å²) in [5.74, 6) is 0.204. The number of rotatable bonds is 10. The number of aromatic nitrogens is 1. The summed E-state index contributed by atoms with van der Waals surface area (Å²) >= 11 is 6.27. The van der Waals surface area contributed by atoms with Crippen molar-refractivity contribution in [3.63, 3.8) is 0 Å². The van der Waals surface area contributed by atoms with Crippen molar-refractivity contribution >= 4 is 29.1 Å². The highest BCUT2D eigenvalue weighted by Gasteiger charge is 2.12. The zero-order chi connectivity index (χ0) is 22.9. The molecule has 0 saturated carbocycles. The Labute approximate surface area is 193 Å². The van der Waals surface area contributed by atoms with Crippen LogP contribution in [0.25, 0.3) is 11.3 Å². The van der Waals surface area contributed by atoms with Gasteiger partial charge in [-0.05, 0) is 56.2 Å². The number of hydrogen-bond donors (Lipinski definition) is 2. The number of anilines is 1. The average Bonchev–Trinajstić information content (AvgIpc) is 3.28. The summed E-state index contributed by atoms with van der Waals surface area (Å²) in [6, 6.07) is 19.1. The number of amides is 2. The van der Waals surface area contributed by atoms with Gasteiger partial charge >= 0.3 is 0 Å². The first-order valence-electron chi connectivity index (χ1n) is 10.7. The molecule has 2 N–H and O–H groups in total. The van der Waals surface area contributed by atoms with Gasteiger partial charge in [0.15, 0.2) is 6.61 Å². The van der Waals surface area contributed by atoms with Crippen LogP contribution in [0.5, 0.6) is 5.75 Å². The van der Waals surface area contributed by atoms with Crippen molar-refractivity contribution in [3.05, 3.63) is 71.4 Å². The average molecular weight is 454 g/mol. The van der Waals surface area contributed by atoms with Gasteiger partial charge in [-0.2, -0.15) is 0 Å². The zero-order valence-electron chi connectivity index (χ0n) is 18.4. The van der Waals surface area contributed by atoms with E-state index in [0.717, 1.165) is 17.0 Å². The Hall–Kier alpha value is -3.25. The number of halogens is 1. The van der Waals surface area contributed by atoms with Crippen molar-refractivity contribution in [2.45, 2.75) is 26.7 Å². The highest BCUT2D eigenvalue weighted by atomic mass is 35.5. The number of nitrogens with one attached hydrogen (secondary N) is 2. The molecular weight excluding hydrogens is 426 g/mol. The predicted molar refractivity (Wildman–Crippen MR) is 128 cm³/mol. The Balaban J connectivity index is 1.49. The van der Waals surface area contributed by atoms with Gasteiger partial charge in [0, 0.05) is 36.6 Å². The molecule has 0 fully saturated rings. The van der Waals surface area contributed by atoms with E-state index in [1.807, 2.05) is 56.3 Å². The second kappa shape index (κ2) is 11.4. The molecule has 3 rings (SSSR count). The number of carbonyl (C=O) groups excluding carboxylic acids is 2. The van der Waals surface area contributed by atoms with E-state index >= 15 is 0 Å². The molecule has 0 bridgehead atoms. The van der Waals surface area contributed by atoms with Crippen molar-refractivity contribution in [2.24, 2.45) is 0 Å². The molecule has 2 aromatic carbocycles. The van der Waals surface area contributed by atoms with Crippen molar-refractivity contribution < 1.29 is 14.3 Å². The molecule has 0 aliphatic heterocycles. The Bertz CT molecular complexity index is 1050. The SMILES string of the molecule is CCN(CC)C(=O)COc1ccc(NC(=O)CCc2ccc(-c3ccccc3)[nH]2)cc1Cl. The fourth-order valence-electron chi connectivity index (χ4n) is 3.35. The van der Waals surface area contributed by atoms with E-state index in [-0.39, 0.29) is 18.4 Å². The lowest BCUT2D eigenvalue weighted by Crippen LogP contribution is -2.34. The lowest BCUT2D eigenvalue weighted by atomic mass is 10.2. The summed E-state index contributed by atoms with van der Waals surface area (Å²) in [7, 11) is 0. The molecule has 32 heavy (non-hydrogen) atoms. The molecule has 3 aromatic rings. The summed E-state index contributed by atoms with van der Waals surface area (Å²) < 4.78 is 5.55. The van der Waals surface area contributed by atoms with Crippen LogP contribution in [-0.4, -0.2) is 41.4 Å². The van der Waals surface area contributed by atoms with E-state index in [4.69, 9.17) is 16.3 Å². The number of carbonyl (C=O) groups is 2. The normalized spacial score (nSPS) is 10.6. The topological polar surface area (TPSA) is 74.4 Å². The second-order valence-electron chi connectivity index (χ2n) is 7.31. The molecule has 0 aliphatic rings. The van der Waals surface area contributed by atoms with Gasteiger partial charge in [0.05, 0.1) is 5.02 Å². The lowest BCUT2D eigenvalue weighted by Gasteiger charge is -2.19. The van der Waals surface area contributed by atoms with Crippen LogP contribution in [-0.2, 0) is 16.0 Å². The summed E-state index contributed by atoms with van der Waals surface area (Å²) in [5.41, 5.74) is 3.72. The quantitative estimate of drug-likeness (QED) is 0.445. The minimum Gasteiger partial charge on any atom is -0.482 e. The van der Waals surface area contributed by atoms with Crippen LogP contribution in [0, 0.1) is 0 Å². The third kappa shape index (κ3) is 6.37. The van der Waals surface area contributed by atoms with Gasteiger partial charge in [0.1, 0.15) is 5.75 Å². The van der Waals surface area contributed by atoms with Crippen molar-refractivity contribution in [2.75, 3.05) is 25.0 Å². The van der Waals surface area contributed by atoms with Crippen molar-refractivity contribution in [1.29, 1.82) is 0 Å². The maximum absolute atomic E-state index is 12.4. The number of likely N-dealkylation sites (N-methyl/N-ethyl adjacent to an activating group) is 1. The lowest BCUT2D eigenvalue weighted by molar-refractivity contribution is -0.133. The summed E-state index contributed by atoms with van der Waals surface area (Å²) in [6.45, 7) is 5.03. The monoisotopic (exact) mass is 453 g/mol. The molecule has 0 spiro atoms. The van der Waals surface area contributed by atoms with E-state index in [0.29, 0.717) is 42.4 Å². The number of hydrogen-bond acceptors (Lipinski definition) is 3. The molecule has 1 heterocycles. The third-order valence-electron chi connectivity index (χ3n) is 5.14. The molecule has 168 valence electrons. The smallest absolute Gasteiger partial charge is 0.260 e. The number of aryl methyl sites for hydroxylation is 1. The van der Waals surface area contributed by atoms with Crippen LogP contribution in [0.3, 0.4) is 0 Å². The van der Waals surface area contributed by atoms with Crippen LogP contribution < -0.4 is 10.1 Å². The van der Waals surface area contributed by atoms with Crippen LogP contribution in [0.1, 0.15) is 26.0 Å². The van der Waals surface area contributed by atoms with Crippen molar-refractivity contribution in [3.8, 4) is 17.0 Å². The largest absolute Gasteiger partial charge is 0.482 e. The van der Waals surface area contributed by atoms with E-state index in [2.05, 4.69) is 10.3 Å². The maximum atomic E-state index is 12.4. The van der Waals surface area contributed by atoms with Crippen LogP contribution in [0.15, 0.2) is 60.7 Å². The van der Waals surface area contributed by atoms with Gasteiger partial charge in [-0.1, -0.05) is 41.9 Å². The van der Waals surface area contributed by atoms with Crippen LogP contribution >= 0.6 is 11.6 Å². The zero-order valence-corrected chi connectivity index (χ0v) is 19.1. The second-order valence-corrected chi connectivity index (χ2v) is 7.72. The fraction of sp³-hybridized carbons (Fsp3) is 0.280. The highest BCUT2D eigenvalue weighted by molar-refractivity contribution is 6.32. The molecule has 1 aromatic heterocycles. The summed E-state index contributed by atoms with van der Waals surface area (Å²) in [5, 5.41) is 3.19. The Morgan fingerprint density at radius 1 is 1.03 bits per heavy atom. The van der Waals surface area contributed by atoms with Crippen molar-refractivity contribution in [1.82, 2.24) is 9.88 Å². The molecule has 7 heteroatoms. The molecule has 0 unspecified atom stereocenters. The number of benzene rings is 2. The minimum absolute atomic E-state index is 0.0752. The molecular formula is C25H28ClN3O3. The minimum atomic E-state index is -0.109. The fourth-order valence-corrected chi connectivity index (χ4v) is 3.58.